The van der Waals surface area contributed by atoms with Crippen LogP contribution in [0.1, 0.15) is 12.0 Å². The first kappa shape index (κ1) is 14.4. The first-order valence-corrected chi connectivity index (χ1v) is 6.40. The number of aromatic nitrogens is 1. The normalized spacial score (nSPS) is 19.7. The van der Waals surface area contributed by atoms with Crippen molar-refractivity contribution in [3.05, 3.63) is 22.8 Å². The zero-order chi connectivity index (χ0) is 14.0. The number of nitrogens with one attached hydrogen (secondary N) is 1. The van der Waals surface area contributed by atoms with E-state index in [1.807, 2.05) is 0 Å². The maximum atomic E-state index is 12.5. The van der Waals surface area contributed by atoms with E-state index < -0.39 is 11.7 Å². The van der Waals surface area contributed by atoms with Gasteiger partial charge < -0.3 is 10.2 Å². The fraction of sp³-hybridized carbons (Fsp3) is 0.583. The molecule has 0 spiro atoms. The summed E-state index contributed by atoms with van der Waals surface area (Å²) in [6, 6.07) is 0.924. The number of halogens is 4. The van der Waals surface area contributed by atoms with Gasteiger partial charge >= 0.3 is 6.18 Å². The van der Waals surface area contributed by atoms with Gasteiger partial charge in [0.15, 0.2) is 0 Å². The summed E-state index contributed by atoms with van der Waals surface area (Å²) in [5.41, 5.74) is -0.822. The quantitative estimate of drug-likeness (QED) is 0.929. The summed E-state index contributed by atoms with van der Waals surface area (Å²) in [5, 5.41) is 3.27. The van der Waals surface area contributed by atoms with Crippen LogP contribution in [0, 0.1) is 5.92 Å². The average molecular weight is 294 g/mol. The Balaban J connectivity index is 2.11. The summed E-state index contributed by atoms with van der Waals surface area (Å²) < 4.78 is 37.5. The minimum Gasteiger partial charge on any atom is -0.358 e. The molecule has 1 saturated heterocycles. The zero-order valence-corrected chi connectivity index (χ0v) is 11.2. The lowest BCUT2D eigenvalue weighted by Gasteiger charge is -2.23. The highest BCUT2D eigenvalue weighted by Gasteiger charge is 2.32. The van der Waals surface area contributed by atoms with Gasteiger partial charge in [-0.3, -0.25) is 0 Å². The number of hydrogen-bond acceptors (Lipinski definition) is 3. The molecule has 3 nitrogen and oxygen atoms in total. The van der Waals surface area contributed by atoms with E-state index >= 15 is 0 Å². The number of nitrogens with zero attached hydrogens (tertiary/aromatic N) is 2. The van der Waals surface area contributed by atoms with Crippen LogP contribution in [0.5, 0.6) is 0 Å². The molecule has 7 heteroatoms. The highest BCUT2D eigenvalue weighted by atomic mass is 35.5. The van der Waals surface area contributed by atoms with E-state index in [9.17, 15) is 13.2 Å². The lowest BCUT2D eigenvalue weighted by molar-refractivity contribution is -0.137. The fourth-order valence-corrected chi connectivity index (χ4v) is 2.52. The topological polar surface area (TPSA) is 28.2 Å². The molecular formula is C12H15ClF3N3. The van der Waals surface area contributed by atoms with Crippen molar-refractivity contribution in [2.24, 2.45) is 5.92 Å². The fourth-order valence-electron chi connectivity index (χ4n) is 2.21. The molecule has 2 heterocycles. The maximum absolute atomic E-state index is 12.5. The highest BCUT2D eigenvalue weighted by molar-refractivity contribution is 6.33. The van der Waals surface area contributed by atoms with Crippen molar-refractivity contribution < 1.29 is 13.2 Å². The molecule has 1 N–H and O–H groups in total. The molecule has 19 heavy (non-hydrogen) atoms. The van der Waals surface area contributed by atoms with Crippen LogP contribution in [0.3, 0.4) is 0 Å². The van der Waals surface area contributed by atoms with Crippen molar-refractivity contribution in [2.45, 2.75) is 12.6 Å². The van der Waals surface area contributed by atoms with E-state index in [1.165, 1.54) is 0 Å². The second-order valence-electron chi connectivity index (χ2n) is 4.77. The average Bonchev–Trinajstić information content (AvgIpc) is 2.80. The van der Waals surface area contributed by atoms with Crippen molar-refractivity contribution >= 4 is 17.4 Å². The SMILES string of the molecule is CN(C[C@@H]1CCNC1)c1ncc(C(F)(F)F)cc1Cl. The second-order valence-corrected chi connectivity index (χ2v) is 5.17. The molecule has 0 saturated carbocycles. The van der Waals surface area contributed by atoms with Gasteiger partial charge in [-0.2, -0.15) is 13.2 Å². The van der Waals surface area contributed by atoms with Crippen LogP contribution >= 0.6 is 11.6 Å². The third kappa shape index (κ3) is 3.51. The Morgan fingerprint density at radius 2 is 2.26 bits per heavy atom. The van der Waals surface area contributed by atoms with Gasteiger partial charge in [0, 0.05) is 19.8 Å². The molecule has 2 rings (SSSR count). The monoisotopic (exact) mass is 293 g/mol. The largest absolute Gasteiger partial charge is 0.417 e. The molecule has 1 aliphatic rings. The number of hydrogen-bond donors (Lipinski definition) is 1. The van der Waals surface area contributed by atoms with Gasteiger partial charge in [0.2, 0.25) is 0 Å². The highest BCUT2D eigenvalue weighted by Crippen LogP contribution is 2.33. The maximum Gasteiger partial charge on any atom is 0.417 e. The van der Waals surface area contributed by atoms with Crippen molar-refractivity contribution in [3.63, 3.8) is 0 Å². The van der Waals surface area contributed by atoms with Gasteiger partial charge in [0.05, 0.1) is 10.6 Å². The summed E-state index contributed by atoms with van der Waals surface area (Å²) >= 11 is 5.90. The van der Waals surface area contributed by atoms with Crippen molar-refractivity contribution in [1.29, 1.82) is 0 Å². The Bertz CT molecular complexity index is 444. The molecular weight excluding hydrogens is 279 g/mol. The first-order valence-electron chi connectivity index (χ1n) is 6.02. The molecule has 106 valence electrons. The van der Waals surface area contributed by atoms with Crippen LogP contribution in [0.2, 0.25) is 5.02 Å². The van der Waals surface area contributed by atoms with Crippen molar-refractivity contribution in [1.82, 2.24) is 10.3 Å². The van der Waals surface area contributed by atoms with E-state index in [0.29, 0.717) is 11.7 Å². The Morgan fingerprint density at radius 3 is 2.79 bits per heavy atom. The Morgan fingerprint density at radius 1 is 1.53 bits per heavy atom. The van der Waals surface area contributed by atoms with E-state index in [1.54, 1.807) is 11.9 Å². The molecule has 0 unspecified atom stereocenters. The number of rotatable bonds is 3. The molecule has 1 atom stereocenters. The van der Waals surface area contributed by atoms with Crippen LogP contribution in [0.15, 0.2) is 12.3 Å². The molecule has 0 aliphatic carbocycles. The Kier molecular flexibility index (Phi) is 4.20. The third-order valence-electron chi connectivity index (χ3n) is 3.21. The third-order valence-corrected chi connectivity index (χ3v) is 3.48. The molecule has 0 aromatic carbocycles. The summed E-state index contributed by atoms with van der Waals surface area (Å²) in [6.45, 7) is 2.63. The van der Waals surface area contributed by atoms with E-state index in [-0.39, 0.29) is 5.02 Å². The molecule has 1 fully saturated rings. The molecule has 0 bridgehead atoms. The van der Waals surface area contributed by atoms with Crippen LogP contribution in [-0.4, -0.2) is 31.7 Å². The van der Waals surface area contributed by atoms with Crippen LogP contribution in [0.4, 0.5) is 19.0 Å². The number of pyridine rings is 1. The summed E-state index contributed by atoms with van der Waals surface area (Å²) in [4.78, 5) is 5.65. The zero-order valence-electron chi connectivity index (χ0n) is 10.5. The van der Waals surface area contributed by atoms with Gasteiger partial charge in [-0.1, -0.05) is 11.6 Å². The van der Waals surface area contributed by atoms with E-state index in [2.05, 4.69) is 10.3 Å². The van der Waals surface area contributed by atoms with Crippen LogP contribution in [-0.2, 0) is 6.18 Å². The minimum absolute atomic E-state index is 0.0308. The summed E-state index contributed by atoms with van der Waals surface area (Å²) in [7, 11) is 1.79. The van der Waals surface area contributed by atoms with Gasteiger partial charge in [0.25, 0.3) is 0 Å². The van der Waals surface area contributed by atoms with E-state index in [4.69, 9.17) is 11.6 Å². The van der Waals surface area contributed by atoms with Gasteiger partial charge in [-0.05, 0) is 31.5 Å². The van der Waals surface area contributed by atoms with E-state index in [0.717, 1.165) is 38.3 Å². The molecule has 0 amide bonds. The second kappa shape index (κ2) is 5.54. The molecule has 0 radical (unpaired) electrons. The van der Waals surface area contributed by atoms with Crippen molar-refractivity contribution in [2.75, 3.05) is 31.6 Å². The standard InChI is InChI=1S/C12H15ClF3N3/c1-19(7-8-2-3-17-5-8)11-10(13)4-9(6-18-11)12(14,15)16/h4,6,8,17H,2-3,5,7H2,1H3/t8-/m1/s1. The Labute approximate surface area is 114 Å². The lowest BCUT2D eigenvalue weighted by atomic mass is 10.1. The predicted molar refractivity (Wildman–Crippen MR) is 68.5 cm³/mol. The summed E-state index contributed by atoms with van der Waals surface area (Å²) in [6.07, 6.45) is -2.53. The van der Waals surface area contributed by atoms with Crippen molar-refractivity contribution in [3.8, 4) is 0 Å². The van der Waals surface area contributed by atoms with Gasteiger partial charge in [-0.25, -0.2) is 4.98 Å². The summed E-state index contributed by atoms with van der Waals surface area (Å²) in [5.74, 6) is 0.867. The van der Waals surface area contributed by atoms with Gasteiger partial charge in [0.1, 0.15) is 5.82 Å². The Hall–Kier alpha value is -1.01. The lowest BCUT2D eigenvalue weighted by Crippen LogP contribution is -2.27. The molecule has 1 aromatic heterocycles. The molecule has 1 aromatic rings. The smallest absolute Gasteiger partial charge is 0.358 e. The predicted octanol–water partition coefficient (Wildman–Crippen LogP) is 2.80. The van der Waals surface area contributed by atoms with Gasteiger partial charge in [-0.15, -0.1) is 0 Å². The minimum atomic E-state index is -4.41. The number of alkyl halides is 3. The first-order chi connectivity index (χ1) is 8.88. The van der Waals surface area contributed by atoms with Crippen LogP contribution in [0.25, 0.3) is 0 Å². The van der Waals surface area contributed by atoms with Crippen LogP contribution < -0.4 is 10.2 Å². The number of anilines is 1. The molecule has 1 aliphatic heterocycles.